The Morgan fingerprint density at radius 1 is 1.56 bits per heavy atom. The Labute approximate surface area is 55.9 Å². The number of ether oxygens (including phenoxy) is 1. The van der Waals surface area contributed by atoms with Gasteiger partial charge in [-0.3, -0.25) is 0 Å². The van der Waals surface area contributed by atoms with E-state index < -0.39 is 0 Å². The van der Waals surface area contributed by atoms with Crippen LogP contribution in [0.25, 0.3) is 0 Å². The van der Waals surface area contributed by atoms with Crippen molar-refractivity contribution in [2.24, 2.45) is 0 Å². The average molecular weight is 127 g/mol. The van der Waals surface area contributed by atoms with Crippen LogP contribution in [0.2, 0.25) is 0 Å². The number of nitrogens with one attached hydrogen (secondary N) is 1. The van der Waals surface area contributed by atoms with Crippen LogP contribution in [0.5, 0.6) is 0 Å². The van der Waals surface area contributed by atoms with Crippen LogP contribution >= 0.6 is 0 Å². The molecule has 0 aromatic rings. The molecule has 1 N–H and O–H groups in total. The second kappa shape index (κ2) is 3.64. The Balaban J connectivity index is 2.27. The van der Waals surface area contributed by atoms with Crippen molar-refractivity contribution in [2.75, 3.05) is 19.7 Å². The summed E-state index contributed by atoms with van der Waals surface area (Å²) in [6.45, 7) is 4.78. The van der Waals surface area contributed by atoms with Gasteiger partial charge in [-0.2, -0.15) is 0 Å². The lowest BCUT2D eigenvalue weighted by atomic mass is 10.3. The van der Waals surface area contributed by atoms with Crippen molar-refractivity contribution in [1.82, 2.24) is 5.32 Å². The van der Waals surface area contributed by atoms with Gasteiger partial charge in [-0.1, -0.05) is 12.2 Å². The molecule has 2 heteroatoms. The zero-order chi connectivity index (χ0) is 6.53. The van der Waals surface area contributed by atoms with Crippen LogP contribution in [0.1, 0.15) is 6.92 Å². The second-order valence-electron chi connectivity index (χ2n) is 2.27. The van der Waals surface area contributed by atoms with Crippen molar-refractivity contribution in [3.05, 3.63) is 12.2 Å². The molecule has 1 aliphatic heterocycles. The monoisotopic (exact) mass is 127 g/mol. The fourth-order valence-electron chi connectivity index (χ4n) is 0.800. The van der Waals surface area contributed by atoms with Gasteiger partial charge < -0.3 is 10.1 Å². The molecule has 0 aliphatic carbocycles. The Morgan fingerprint density at radius 3 is 3.33 bits per heavy atom. The molecule has 9 heavy (non-hydrogen) atoms. The summed E-state index contributed by atoms with van der Waals surface area (Å²) in [6.07, 6.45) is 4.49. The van der Waals surface area contributed by atoms with Crippen LogP contribution in [0.4, 0.5) is 0 Å². The average Bonchev–Trinajstić information content (AvgIpc) is 1.79. The predicted octanol–water partition coefficient (Wildman–Crippen LogP) is 0.551. The van der Waals surface area contributed by atoms with Crippen molar-refractivity contribution < 1.29 is 4.74 Å². The molecule has 0 radical (unpaired) electrons. The molecule has 0 saturated heterocycles. The molecule has 0 amide bonds. The van der Waals surface area contributed by atoms with E-state index >= 15 is 0 Å². The summed E-state index contributed by atoms with van der Waals surface area (Å²) in [7, 11) is 0. The summed E-state index contributed by atoms with van der Waals surface area (Å²) in [5, 5.41) is 3.23. The largest absolute Gasteiger partial charge is 0.373 e. The van der Waals surface area contributed by atoms with Crippen LogP contribution in [0.15, 0.2) is 12.2 Å². The third-order valence-electron chi connectivity index (χ3n) is 1.34. The summed E-state index contributed by atoms with van der Waals surface area (Å²) in [5.74, 6) is 0. The molecule has 0 aromatic carbocycles. The van der Waals surface area contributed by atoms with Crippen molar-refractivity contribution in [3.63, 3.8) is 0 Å². The Hall–Kier alpha value is -0.340. The minimum Gasteiger partial charge on any atom is -0.373 e. The molecule has 0 fully saturated rings. The maximum atomic E-state index is 5.33. The minimum absolute atomic E-state index is 0.356. The first-order valence-electron chi connectivity index (χ1n) is 3.37. The van der Waals surface area contributed by atoms with Gasteiger partial charge in [-0.05, 0) is 6.92 Å². The van der Waals surface area contributed by atoms with Gasteiger partial charge in [0.2, 0.25) is 0 Å². The molecule has 1 unspecified atom stereocenters. The lowest BCUT2D eigenvalue weighted by Gasteiger charge is -2.13. The smallest absolute Gasteiger partial charge is 0.0675 e. The molecule has 1 rings (SSSR count). The van der Waals surface area contributed by atoms with Gasteiger partial charge >= 0.3 is 0 Å². The van der Waals surface area contributed by atoms with E-state index in [0.717, 1.165) is 19.7 Å². The van der Waals surface area contributed by atoms with E-state index in [-0.39, 0.29) is 0 Å². The molecule has 52 valence electrons. The van der Waals surface area contributed by atoms with Crippen LogP contribution in [-0.2, 0) is 4.74 Å². The molecule has 1 aliphatic rings. The molecule has 0 spiro atoms. The molecule has 0 saturated carbocycles. The Kier molecular flexibility index (Phi) is 2.74. The normalized spacial score (nSPS) is 32.8. The maximum Gasteiger partial charge on any atom is 0.0675 e. The highest BCUT2D eigenvalue weighted by atomic mass is 16.5. The minimum atomic E-state index is 0.356. The summed E-state index contributed by atoms with van der Waals surface area (Å²) in [4.78, 5) is 0. The first kappa shape index (κ1) is 6.78. The maximum absolute atomic E-state index is 5.33. The zero-order valence-electron chi connectivity index (χ0n) is 5.76. The summed E-state index contributed by atoms with van der Waals surface area (Å²) < 4.78 is 5.33. The highest BCUT2D eigenvalue weighted by molar-refractivity contribution is 4.85. The van der Waals surface area contributed by atoms with E-state index in [1.807, 2.05) is 6.08 Å². The number of hydrogen-bond acceptors (Lipinski definition) is 2. The topological polar surface area (TPSA) is 21.3 Å². The molecule has 1 heterocycles. The first-order valence-corrected chi connectivity index (χ1v) is 3.37. The third-order valence-corrected chi connectivity index (χ3v) is 1.34. The SMILES string of the molecule is CC1CNC/C=C\CO1. The second-order valence-corrected chi connectivity index (χ2v) is 2.27. The van der Waals surface area contributed by atoms with E-state index in [0.29, 0.717) is 6.10 Å². The van der Waals surface area contributed by atoms with Crippen molar-refractivity contribution in [1.29, 1.82) is 0 Å². The van der Waals surface area contributed by atoms with Crippen LogP contribution < -0.4 is 5.32 Å². The Morgan fingerprint density at radius 2 is 2.44 bits per heavy atom. The van der Waals surface area contributed by atoms with Gasteiger partial charge in [-0.15, -0.1) is 0 Å². The number of hydrogen-bond donors (Lipinski definition) is 1. The van der Waals surface area contributed by atoms with Crippen molar-refractivity contribution in [3.8, 4) is 0 Å². The van der Waals surface area contributed by atoms with Crippen LogP contribution in [0, 0.1) is 0 Å². The van der Waals surface area contributed by atoms with E-state index in [9.17, 15) is 0 Å². The van der Waals surface area contributed by atoms with Crippen molar-refractivity contribution in [2.45, 2.75) is 13.0 Å². The fraction of sp³-hybridized carbons (Fsp3) is 0.714. The van der Waals surface area contributed by atoms with Gasteiger partial charge in [0.05, 0.1) is 12.7 Å². The van der Waals surface area contributed by atoms with E-state index in [1.54, 1.807) is 0 Å². The van der Waals surface area contributed by atoms with Crippen LogP contribution in [-0.4, -0.2) is 25.8 Å². The van der Waals surface area contributed by atoms with Crippen LogP contribution in [0.3, 0.4) is 0 Å². The molecule has 0 aromatic heterocycles. The van der Waals surface area contributed by atoms with Crippen molar-refractivity contribution >= 4 is 0 Å². The summed E-state index contributed by atoms with van der Waals surface area (Å²) >= 11 is 0. The van der Waals surface area contributed by atoms with Gasteiger partial charge in [0, 0.05) is 13.1 Å². The molecular formula is C7H13NO. The highest BCUT2D eigenvalue weighted by Crippen LogP contribution is 1.91. The van der Waals surface area contributed by atoms with E-state index in [2.05, 4.69) is 18.3 Å². The van der Waals surface area contributed by atoms with Gasteiger partial charge in [0.25, 0.3) is 0 Å². The molecular weight excluding hydrogens is 114 g/mol. The standard InChI is InChI=1S/C7H13NO/c1-7-6-8-4-2-3-5-9-7/h2-3,7-8H,4-6H2,1H3/b3-2-. The zero-order valence-corrected chi connectivity index (χ0v) is 5.76. The number of rotatable bonds is 0. The summed E-state index contributed by atoms with van der Waals surface area (Å²) in [6, 6.07) is 0. The fourth-order valence-corrected chi connectivity index (χ4v) is 0.800. The lowest BCUT2D eigenvalue weighted by Crippen LogP contribution is -2.28. The first-order chi connectivity index (χ1) is 4.39. The van der Waals surface area contributed by atoms with Gasteiger partial charge in [0.1, 0.15) is 0 Å². The third kappa shape index (κ3) is 2.63. The molecule has 0 bridgehead atoms. The predicted molar refractivity (Wildman–Crippen MR) is 37.4 cm³/mol. The van der Waals surface area contributed by atoms with E-state index in [4.69, 9.17) is 4.74 Å². The lowest BCUT2D eigenvalue weighted by molar-refractivity contribution is 0.0863. The van der Waals surface area contributed by atoms with E-state index in [1.165, 1.54) is 0 Å². The highest BCUT2D eigenvalue weighted by Gasteiger charge is 1.99. The van der Waals surface area contributed by atoms with Gasteiger partial charge in [-0.25, -0.2) is 0 Å². The molecule has 2 nitrogen and oxygen atoms in total. The molecule has 1 atom stereocenters. The summed E-state index contributed by atoms with van der Waals surface area (Å²) in [5.41, 5.74) is 0. The Bertz CT molecular complexity index is 101. The quantitative estimate of drug-likeness (QED) is 0.480. The van der Waals surface area contributed by atoms with Gasteiger partial charge in [0.15, 0.2) is 0 Å².